The average Bonchev–Trinajstić information content (AvgIpc) is 3.30. The third-order valence-corrected chi connectivity index (χ3v) is 5.48. The van der Waals surface area contributed by atoms with Crippen LogP contribution in [0.4, 0.5) is 0 Å². The molecule has 2 aromatic heterocycles. The van der Waals surface area contributed by atoms with E-state index in [9.17, 15) is 4.79 Å². The van der Waals surface area contributed by atoms with Crippen LogP contribution in [0.3, 0.4) is 0 Å². The zero-order valence-corrected chi connectivity index (χ0v) is 15.7. The lowest BCUT2D eigenvalue weighted by Crippen LogP contribution is -2.39. The van der Waals surface area contributed by atoms with Crippen LogP contribution < -0.4 is 0 Å². The van der Waals surface area contributed by atoms with Gasteiger partial charge in [0.05, 0.1) is 23.9 Å². The van der Waals surface area contributed by atoms with Gasteiger partial charge >= 0.3 is 0 Å². The maximum Gasteiger partial charge on any atom is 0.280 e. The Labute approximate surface area is 166 Å². The number of hydrogen-bond donors (Lipinski definition) is 0. The van der Waals surface area contributed by atoms with Gasteiger partial charge in [-0.1, -0.05) is 16.4 Å². The number of carbonyl (C=O) groups excluding carboxylic acids is 1. The van der Waals surface area contributed by atoms with Crippen molar-refractivity contribution < 1.29 is 9.32 Å². The molecule has 29 heavy (non-hydrogen) atoms. The summed E-state index contributed by atoms with van der Waals surface area (Å²) in [4.78, 5) is 19.0. The van der Waals surface area contributed by atoms with Crippen LogP contribution in [0, 0.1) is 11.3 Å². The molecular formula is C20H19N7O2. The summed E-state index contributed by atoms with van der Waals surface area (Å²) in [7, 11) is 0. The predicted molar refractivity (Wildman–Crippen MR) is 101 cm³/mol. The van der Waals surface area contributed by atoms with Crippen molar-refractivity contribution in [2.24, 2.45) is 0 Å². The SMILES string of the molecule is N#Cc1cccc(C(=O)N2CCC(n3cc(-c4nc(C5CC5)no4)nn3)CC2)c1. The molecule has 5 rings (SSSR count). The number of piperidine rings is 1. The largest absolute Gasteiger partial charge is 0.338 e. The Morgan fingerprint density at radius 2 is 2.03 bits per heavy atom. The fourth-order valence-corrected chi connectivity index (χ4v) is 3.64. The predicted octanol–water partition coefficient (Wildman–Crippen LogP) is 2.55. The van der Waals surface area contributed by atoms with E-state index in [-0.39, 0.29) is 11.9 Å². The molecule has 3 heterocycles. The van der Waals surface area contributed by atoms with Crippen molar-refractivity contribution >= 4 is 5.91 Å². The van der Waals surface area contributed by atoms with Gasteiger partial charge in [-0.2, -0.15) is 10.2 Å². The first-order valence-corrected chi connectivity index (χ1v) is 9.76. The van der Waals surface area contributed by atoms with Gasteiger partial charge < -0.3 is 9.42 Å². The fourth-order valence-electron chi connectivity index (χ4n) is 3.64. The molecule has 2 aliphatic rings. The van der Waals surface area contributed by atoms with Crippen molar-refractivity contribution in [3.63, 3.8) is 0 Å². The maximum atomic E-state index is 12.7. The Kier molecular flexibility index (Phi) is 4.31. The van der Waals surface area contributed by atoms with E-state index in [1.807, 2.05) is 15.8 Å². The highest BCUT2D eigenvalue weighted by atomic mass is 16.5. The van der Waals surface area contributed by atoms with Gasteiger partial charge in [-0.05, 0) is 43.9 Å². The molecule has 0 bridgehead atoms. The molecule has 9 nitrogen and oxygen atoms in total. The Morgan fingerprint density at radius 3 is 2.79 bits per heavy atom. The standard InChI is InChI=1S/C20H19N7O2/c21-11-13-2-1-3-15(10-13)20(28)26-8-6-16(7-9-26)27-12-17(23-25-27)19-22-18(24-29-19)14-4-5-14/h1-3,10,12,14,16H,4-9H2. The molecule has 146 valence electrons. The Hall–Kier alpha value is -3.54. The van der Waals surface area contributed by atoms with Gasteiger partial charge in [-0.25, -0.2) is 4.68 Å². The quantitative estimate of drug-likeness (QED) is 0.673. The number of carbonyl (C=O) groups is 1. The minimum Gasteiger partial charge on any atom is -0.338 e. The van der Waals surface area contributed by atoms with E-state index in [0.717, 1.165) is 31.5 Å². The Balaban J connectivity index is 1.23. The molecule has 0 radical (unpaired) electrons. The average molecular weight is 389 g/mol. The number of likely N-dealkylation sites (tertiary alicyclic amines) is 1. The van der Waals surface area contributed by atoms with E-state index in [2.05, 4.69) is 26.5 Å². The van der Waals surface area contributed by atoms with Crippen LogP contribution >= 0.6 is 0 Å². The van der Waals surface area contributed by atoms with Gasteiger partial charge in [0.15, 0.2) is 11.5 Å². The first-order valence-electron chi connectivity index (χ1n) is 9.76. The van der Waals surface area contributed by atoms with E-state index in [0.29, 0.717) is 41.7 Å². The summed E-state index contributed by atoms with van der Waals surface area (Å²) in [5, 5.41) is 21.5. The lowest BCUT2D eigenvalue weighted by molar-refractivity contribution is 0.0689. The summed E-state index contributed by atoms with van der Waals surface area (Å²) in [6.07, 6.45) is 5.63. The van der Waals surface area contributed by atoms with E-state index >= 15 is 0 Å². The van der Waals surface area contributed by atoms with E-state index < -0.39 is 0 Å². The maximum absolute atomic E-state index is 12.7. The van der Waals surface area contributed by atoms with Crippen LogP contribution in [0.2, 0.25) is 0 Å². The second-order valence-corrected chi connectivity index (χ2v) is 7.53. The van der Waals surface area contributed by atoms with Crippen LogP contribution in [-0.2, 0) is 0 Å². The number of benzene rings is 1. The molecule has 3 aromatic rings. The van der Waals surface area contributed by atoms with Gasteiger partial charge in [0.25, 0.3) is 11.8 Å². The fraction of sp³-hybridized carbons (Fsp3) is 0.400. The summed E-state index contributed by atoms with van der Waals surface area (Å²) in [6, 6.07) is 9.06. The molecule has 1 aliphatic heterocycles. The summed E-state index contributed by atoms with van der Waals surface area (Å²) in [6.45, 7) is 1.25. The number of aromatic nitrogens is 5. The number of hydrogen-bond acceptors (Lipinski definition) is 7. The molecule has 0 unspecified atom stereocenters. The molecule has 9 heteroatoms. The summed E-state index contributed by atoms with van der Waals surface area (Å²) in [5.41, 5.74) is 1.62. The molecule has 2 fully saturated rings. The second kappa shape index (κ2) is 7.13. The highest BCUT2D eigenvalue weighted by Crippen LogP contribution is 2.38. The third-order valence-electron chi connectivity index (χ3n) is 5.48. The van der Waals surface area contributed by atoms with Crippen LogP contribution in [0.5, 0.6) is 0 Å². The zero-order chi connectivity index (χ0) is 19.8. The smallest absolute Gasteiger partial charge is 0.280 e. The lowest BCUT2D eigenvalue weighted by Gasteiger charge is -2.31. The molecule has 1 amide bonds. The molecular weight excluding hydrogens is 370 g/mol. The summed E-state index contributed by atoms with van der Waals surface area (Å²) in [5.74, 6) is 1.54. The van der Waals surface area contributed by atoms with Crippen LogP contribution in [0.1, 0.15) is 59.4 Å². The molecule has 1 aromatic carbocycles. The van der Waals surface area contributed by atoms with Gasteiger partial charge in [-0.3, -0.25) is 4.79 Å². The van der Waals surface area contributed by atoms with Crippen LogP contribution in [0.15, 0.2) is 35.0 Å². The Morgan fingerprint density at radius 1 is 1.21 bits per heavy atom. The molecule has 0 atom stereocenters. The lowest BCUT2D eigenvalue weighted by atomic mass is 10.0. The van der Waals surface area contributed by atoms with Crippen molar-refractivity contribution in [2.75, 3.05) is 13.1 Å². The van der Waals surface area contributed by atoms with Crippen molar-refractivity contribution in [1.82, 2.24) is 30.0 Å². The van der Waals surface area contributed by atoms with Crippen molar-refractivity contribution in [2.45, 2.75) is 37.6 Å². The summed E-state index contributed by atoms with van der Waals surface area (Å²) >= 11 is 0. The molecule has 1 saturated carbocycles. The van der Waals surface area contributed by atoms with Crippen molar-refractivity contribution in [3.8, 4) is 17.7 Å². The number of rotatable bonds is 4. The zero-order valence-electron chi connectivity index (χ0n) is 15.7. The van der Waals surface area contributed by atoms with E-state index in [4.69, 9.17) is 9.78 Å². The summed E-state index contributed by atoms with van der Waals surface area (Å²) < 4.78 is 7.14. The Bertz CT molecular complexity index is 1080. The van der Waals surface area contributed by atoms with Gasteiger partial charge in [0.1, 0.15) is 0 Å². The molecule has 1 saturated heterocycles. The van der Waals surface area contributed by atoms with Gasteiger partial charge in [-0.15, -0.1) is 5.10 Å². The normalized spacial score (nSPS) is 17.3. The van der Waals surface area contributed by atoms with Crippen LogP contribution in [-0.4, -0.2) is 49.0 Å². The molecule has 0 spiro atoms. The van der Waals surface area contributed by atoms with E-state index in [1.165, 1.54) is 0 Å². The van der Waals surface area contributed by atoms with E-state index in [1.54, 1.807) is 24.3 Å². The van der Waals surface area contributed by atoms with Crippen molar-refractivity contribution in [3.05, 3.63) is 47.4 Å². The number of nitriles is 1. The minimum absolute atomic E-state index is 0.0432. The first-order chi connectivity index (χ1) is 14.2. The first kappa shape index (κ1) is 17.6. The monoisotopic (exact) mass is 389 g/mol. The van der Waals surface area contributed by atoms with Gasteiger partial charge in [0, 0.05) is 24.6 Å². The van der Waals surface area contributed by atoms with Gasteiger partial charge in [0.2, 0.25) is 0 Å². The topological polar surface area (TPSA) is 114 Å². The third kappa shape index (κ3) is 3.49. The highest BCUT2D eigenvalue weighted by molar-refractivity contribution is 5.94. The number of amides is 1. The second-order valence-electron chi connectivity index (χ2n) is 7.53. The number of nitrogens with zero attached hydrogens (tertiary/aromatic N) is 7. The molecule has 1 aliphatic carbocycles. The van der Waals surface area contributed by atoms with Crippen molar-refractivity contribution in [1.29, 1.82) is 5.26 Å². The minimum atomic E-state index is -0.0432. The highest BCUT2D eigenvalue weighted by Gasteiger charge is 2.30. The van der Waals surface area contributed by atoms with Crippen LogP contribution in [0.25, 0.3) is 11.6 Å². The molecule has 0 N–H and O–H groups in total.